The number of sulfone groups is 1. The molecule has 0 bridgehead atoms. The minimum atomic E-state index is -3.97. The first-order valence-electron chi connectivity index (χ1n) is 7.90. The van der Waals surface area contributed by atoms with Crippen LogP contribution in [-0.4, -0.2) is 14.7 Å². The van der Waals surface area contributed by atoms with E-state index >= 15 is 4.39 Å². The molecule has 3 rings (SSSR count). The Hall–Kier alpha value is -2.34. The van der Waals surface area contributed by atoms with Crippen LogP contribution in [0.1, 0.15) is 16.7 Å². The molecule has 2 unspecified atom stereocenters. The van der Waals surface area contributed by atoms with Gasteiger partial charge in [-0.15, -0.1) is 0 Å². The molecular formula is C20H17F3O2S. The van der Waals surface area contributed by atoms with Crippen molar-refractivity contribution in [1.82, 2.24) is 0 Å². The van der Waals surface area contributed by atoms with Crippen LogP contribution in [-0.2, 0) is 20.3 Å². The van der Waals surface area contributed by atoms with Crippen LogP contribution in [0, 0.1) is 12.7 Å². The highest BCUT2D eigenvalue weighted by Crippen LogP contribution is 2.47. The number of rotatable bonds is 3. The molecule has 136 valence electrons. The van der Waals surface area contributed by atoms with E-state index in [1.165, 1.54) is 31.2 Å². The second kappa shape index (κ2) is 6.13. The third-order valence-corrected chi connectivity index (χ3v) is 6.40. The average molecular weight is 378 g/mol. The molecule has 2 aromatic carbocycles. The lowest BCUT2D eigenvalue weighted by Crippen LogP contribution is -2.36. The molecule has 0 saturated carbocycles. The summed E-state index contributed by atoms with van der Waals surface area (Å²) in [6, 6.07) is 11.5. The Morgan fingerprint density at radius 2 is 1.58 bits per heavy atom. The third-order valence-electron chi connectivity index (χ3n) is 4.68. The number of halogens is 3. The zero-order valence-corrected chi connectivity index (χ0v) is 15.0. The highest BCUT2D eigenvalue weighted by atomic mass is 32.2. The fourth-order valence-electron chi connectivity index (χ4n) is 3.03. The normalized spacial score (nSPS) is 25.8. The molecular weight excluding hydrogens is 361 g/mol. The number of allylic oxidation sites excluding steroid dienone is 2. The molecule has 1 aliphatic carbocycles. The van der Waals surface area contributed by atoms with Gasteiger partial charge in [-0.05, 0) is 41.8 Å². The number of benzene rings is 2. The van der Waals surface area contributed by atoms with Crippen molar-refractivity contribution in [1.29, 1.82) is 0 Å². The van der Waals surface area contributed by atoms with E-state index in [0.717, 1.165) is 30.6 Å². The topological polar surface area (TPSA) is 34.1 Å². The maximum absolute atomic E-state index is 15.3. The van der Waals surface area contributed by atoms with Crippen LogP contribution < -0.4 is 0 Å². The first kappa shape index (κ1) is 18.5. The predicted molar refractivity (Wildman–Crippen MR) is 95.2 cm³/mol. The molecule has 2 nitrogen and oxygen atoms in total. The first-order chi connectivity index (χ1) is 12.1. The summed E-state index contributed by atoms with van der Waals surface area (Å²) < 4.78 is 67.2. The van der Waals surface area contributed by atoms with E-state index in [-0.39, 0.29) is 11.1 Å². The van der Waals surface area contributed by atoms with Gasteiger partial charge in [0.25, 0.3) is 0 Å². The summed E-state index contributed by atoms with van der Waals surface area (Å²) >= 11 is 0. The molecule has 0 amide bonds. The quantitative estimate of drug-likeness (QED) is 0.728. The molecule has 1 aliphatic rings. The summed E-state index contributed by atoms with van der Waals surface area (Å²) in [6.45, 7) is 1.53. The van der Waals surface area contributed by atoms with Crippen LogP contribution in [0.25, 0.3) is 0 Å². The number of alkyl halides is 1. The molecule has 6 heteroatoms. The summed E-state index contributed by atoms with van der Waals surface area (Å²) in [6.07, 6.45) is 3.60. The van der Waals surface area contributed by atoms with E-state index in [9.17, 15) is 17.2 Å². The van der Waals surface area contributed by atoms with Crippen molar-refractivity contribution in [3.05, 3.63) is 95.1 Å². The summed E-state index contributed by atoms with van der Waals surface area (Å²) in [4.78, 5) is 0. The Kier molecular flexibility index (Phi) is 4.35. The van der Waals surface area contributed by atoms with Gasteiger partial charge in [-0.1, -0.05) is 48.5 Å². The van der Waals surface area contributed by atoms with E-state index in [0.29, 0.717) is 5.56 Å². The van der Waals surface area contributed by atoms with E-state index in [1.54, 1.807) is 18.2 Å². The van der Waals surface area contributed by atoms with E-state index < -0.39 is 31.9 Å². The SMILES string of the molecule is Cc1ccc(C2(S(C)(=O)=O)C=CC(F)(c3ccccc3)C(F)=C2)cc1F. The Morgan fingerprint density at radius 1 is 0.923 bits per heavy atom. The second-order valence-electron chi connectivity index (χ2n) is 6.43. The zero-order chi connectivity index (χ0) is 19.2. The number of hydrogen-bond donors (Lipinski definition) is 0. The van der Waals surface area contributed by atoms with E-state index in [2.05, 4.69) is 0 Å². The van der Waals surface area contributed by atoms with Crippen molar-refractivity contribution >= 4 is 9.84 Å². The van der Waals surface area contributed by atoms with Crippen molar-refractivity contribution in [2.24, 2.45) is 0 Å². The monoisotopic (exact) mass is 378 g/mol. The molecule has 0 fully saturated rings. The minimum absolute atomic E-state index is 0.0182. The van der Waals surface area contributed by atoms with Gasteiger partial charge in [0.1, 0.15) is 16.4 Å². The highest BCUT2D eigenvalue weighted by molar-refractivity contribution is 7.92. The van der Waals surface area contributed by atoms with Gasteiger partial charge < -0.3 is 0 Å². The van der Waals surface area contributed by atoms with E-state index in [1.807, 2.05) is 0 Å². The van der Waals surface area contributed by atoms with Gasteiger partial charge >= 0.3 is 0 Å². The molecule has 2 aromatic rings. The zero-order valence-electron chi connectivity index (χ0n) is 14.2. The van der Waals surface area contributed by atoms with Crippen molar-refractivity contribution in [3.8, 4) is 0 Å². The summed E-state index contributed by atoms with van der Waals surface area (Å²) in [7, 11) is -3.97. The number of hydrogen-bond acceptors (Lipinski definition) is 2. The van der Waals surface area contributed by atoms with Gasteiger partial charge in [-0.25, -0.2) is 21.6 Å². The second-order valence-corrected chi connectivity index (χ2v) is 8.65. The fourth-order valence-corrected chi connectivity index (χ4v) is 4.22. The maximum atomic E-state index is 15.3. The van der Waals surface area contributed by atoms with Gasteiger partial charge in [0.2, 0.25) is 5.67 Å². The van der Waals surface area contributed by atoms with Crippen molar-refractivity contribution in [3.63, 3.8) is 0 Å². The Labute approximate surface area is 150 Å². The van der Waals surface area contributed by atoms with Crippen LogP contribution in [0.4, 0.5) is 13.2 Å². The van der Waals surface area contributed by atoms with Gasteiger partial charge in [-0.2, -0.15) is 0 Å². The lowest BCUT2D eigenvalue weighted by molar-refractivity contribution is 0.232. The van der Waals surface area contributed by atoms with Crippen LogP contribution in [0.2, 0.25) is 0 Å². The molecule has 2 atom stereocenters. The molecule has 0 aliphatic heterocycles. The first-order valence-corrected chi connectivity index (χ1v) is 9.79. The van der Waals surface area contributed by atoms with E-state index in [4.69, 9.17) is 0 Å². The number of aryl methyl sites for hydroxylation is 1. The van der Waals surface area contributed by atoms with Gasteiger partial charge in [-0.3, -0.25) is 0 Å². The summed E-state index contributed by atoms with van der Waals surface area (Å²) in [5.74, 6) is -1.87. The highest BCUT2D eigenvalue weighted by Gasteiger charge is 2.47. The van der Waals surface area contributed by atoms with Crippen LogP contribution in [0.15, 0.2) is 72.6 Å². The Morgan fingerprint density at radius 3 is 2.12 bits per heavy atom. The predicted octanol–water partition coefficient (Wildman–Crippen LogP) is 4.66. The molecule has 0 spiro atoms. The molecule has 0 heterocycles. The average Bonchev–Trinajstić information content (AvgIpc) is 2.59. The molecule has 0 aromatic heterocycles. The van der Waals surface area contributed by atoms with Gasteiger partial charge in [0.05, 0.1) is 0 Å². The molecule has 26 heavy (non-hydrogen) atoms. The molecule has 0 saturated heterocycles. The van der Waals surface area contributed by atoms with Crippen LogP contribution >= 0.6 is 0 Å². The third kappa shape index (κ3) is 2.78. The molecule has 0 N–H and O–H groups in total. The summed E-state index contributed by atoms with van der Waals surface area (Å²) in [5.41, 5.74) is -2.18. The standard InChI is InChI=1S/C20H17F3O2S/c1-14-8-9-16(12-17(14)21)19(26(2,24)25)10-11-20(23,18(22)13-19)15-6-4-3-5-7-15/h3-13H,1-2H3. The Balaban J connectivity index is 2.22. The van der Waals surface area contributed by atoms with Crippen molar-refractivity contribution in [2.45, 2.75) is 17.3 Å². The van der Waals surface area contributed by atoms with Crippen LogP contribution in [0.3, 0.4) is 0 Å². The largest absolute Gasteiger partial charge is 0.228 e. The smallest absolute Gasteiger partial charge is 0.205 e. The fraction of sp³-hybridized carbons (Fsp3) is 0.200. The molecule has 0 radical (unpaired) electrons. The maximum Gasteiger partial charge on any atom is 0.205 e. The van der Waals surface area contributed by atoms with Gasteiger partial charge in [0.15, 0.2) is 9.84 Å². The van der Waals surface area contributed by atoms with Crippen LogP contribution in [0.5, 0.6) is 0 Å². The summed E-state index contributed by atoms with van der Waals surface area (Å²) in [5, 5.41) is 0. The Bertz CT molecular complexity index is 1010. The van der Waals surface area contributed by atoms with Crippen molar-refractivity contribution < 1.29 is 21.6 Å². The van der Waals surface area contributed by atoms with Crippen molar-refractivity contribution in [2.75, 3.05) is 6.26 Å². The minimum Gasteiger partial charge on any atom is -0.228 e. The van der Waals surface area contributed by atoms with Gasteiger partial charge in [0, 0.05) is 6.26 Å². The lowest BCUT2D eigenvalue weighted by Gasteiger charge is -2.33. The lowest BCUT2D eigenvalue weighted by atomic mass is 9.83.